The summed E-state index contributed by atoms with van der Waals surface area (Å²) in [7, 11) is 3.25. The quantitative estimate of drug-likeness (QED) is 0.399. The lowest BCUT2D eigenvalue weighted by Gasteiger charge is -2.09. The van der Waals surface area contributed by atoms with E-state index in [0.717, 1.165) is 22.5 Å². The molecule has 0 aliphatic carbocycles. The number of nitrogens with zero attached hydrogens (tertiary/aromatic N) is 1. The van der Waals surface area contributed by atoms with Crippen LogP contribution in [0.25, 0.3) is 0 Å². The Morgan fingerprint density at radius 3 is 2.37 bits per heavy atom. The first-order chi connectivity index (χ1) is 16.6. The van der Waals surface area contributed by atoms with Crippen molar-refractivity contribution in [1.82, 2.24) is 4.90 Å². The van der Waals surface area contributed by atoms with Gasteiger partial charge >= 0.3 is 5.97 Å². The summed E-state index contributed by atoms with van der Waals surface area (Å²) in [5.74, 6) is -0.146. The molecule has 1 N–H and O–H groups in total. The molecule has 0 saturated carbocycles. The van der Waals surface area contributed by atoms with Gasteiger partial charge in [0.05, 0.1) is 17.0 Å². The summed E-state index contributed by atoms with van der Waals surface area (Å²) in [6, 6.07) is 9.10. The van der Waals surface area contributed by atoms with Gasteiger partial charge in [0, 0.05) is 14.1 Å². The van der Waals surface area contributed by atoms with E-state index >= 15 is 0 Å². The van der Waals surface area contributed by atoms with E-state index in [1.165, 1.54) is 11.0 Å². The summed E-state index contributed by atoms with van der Waals surface area (Å²) < 4.78 is 16.7. The maximum Gasteiger partial charge on any atom is 0.341 e. The summed E-state index contributed by atoms with van der Waals surface area (Å²) in [6.45, 7) is 7.93. The Morgan fingerprint density at radius 1 is 1.06 bits per heavy atom. The van der Waals surface area contributed by atoms with Gasteiger partial charge in [0.2, 0.25) is 0 Å². The van der Waals surface area contributed by atoms with Crippen LogP contribution in [0.2, 0.25) is 0 Å². The van der Waals surface area contributed by atoms with Crippen LogP contribution in [0.1, 0.15) is 66.4 Å². The van der Waals surface area contributed by atoms with Crippen LogP contribution < -0.4 is 10.1 Å². The second-order valence-corrected chi connectivity index (χ2v) is 9.45. The lowest BCUT2D eigenvalue weighted by atomic mass is 10.1. The summed E-state index contributed by atoms with van der Waals surface area (Å²) >= 11 is 1.03. The average Bonchev–Trinajstić information content (AvgIpc) is 3.39. The van der Waals surface area contributed by atoms with E-state index in [0.29, 0.717) is 28.4 Å². The number of furan rings is 1. The number of esters is 1. The van der Waals surface area contributed by atoms with Gasteiger partial charge in [0.1, 0.15) is 23.1 Å². The molecule has 0 atom stereocenters. The third kappa shape index (κ3) is 6.30. The van der Waals surface area contributed by atoms with Crippen LogP contribution >= 0.6 is 11.3 Å². The van der Waals surface area contributed by atoms with Crippen LogP contribution in [0.15, 0.2) is 34.7 Å². The molecule has 9 heteroatoms. The largest absolute Gasteiger partial charge is 0.486 e. The first-order valence-corrected chi connectivity index (χ1v) is 12.1. The Hall–Kier alpha value is -3.59. The maximum absolute atomic E-state index is 12.9. The fourth-order valence-corrected chi connectivity index (χ4v) is 4.65. The van der Waals surface area contributed by atoms with Crippen LogP contribution in [0, 0.1) is 20.8 Å². The van der Waals surface area contributed by atoms with Crippen molar-refractivity contribution in [2.75, 3.05) is 26.0 Å². The van der Waals surface area contributed by atoms with Crippen molar-refractivity contribution in [1.29, 1.82) is 0 Å². The van der Waals surface area contributed by atoms with E-state index in [1.54, 1.807) is 27.1 Å². The van der Waals surface area contributed by atoms with Crippen molar-refractivity contribution in [3.8, 4) is 5.75 Å². The zero-order valence-corrected chi connectivity index (χ0v) is 21.6. The molecule has 0 aliphatic heterocycles. The smallest absolute Gasteiger partial charge is 0.341 e. The van der Waals surface area contributed by atoms with E-state index in [4.69, 9.17) is 13.9 Å². The third-order valence-electron chi connectivity index (χ3n) is 5.08. The molecule has 8 nitrogen and oxygen atoms in total. The molecule has 0 spiro atoms. The Balaban J connectivity index is 1.78. The summed E-state index contributed by atoms with van der Waals surface area (Å²) in [5, 5.41) is 2.95. The molecule has 35 heavy (non-hydrogen) atoms. The number of carbonyl (C=O) groups is 3. The van der Waals surface area contributed by atoms with Crippen molar-refractivity contribution in [2.45, 2.75) is 40.7 Å². The molecule has 0 bridgehead atoms. The molecule has 0 unspecified atom stereocenters. The van der Waals surface area contributed by atoms with Gasteiger partial charge in [-0.05, 0) is 68.1 Å². The third-order valence-corrected chi connectivity index (χ3v) is 6.27. The van der Waals surface area contributed by atoms with E-state index < -0.39 is 11.9 Å². The molecule has 3 rings (SSSR count). The highest BCUT2D eigenvalue weighted by atomic mass is 32.1. The monoisotopic (exact) mass is 498 g/mol. The minimum absolute atomic E-state index is 0.0587. The van der Waals surface area contributed by atoms with Crippen LogP contribution in [0.4, 0.5) is 5.00 Å². The van der Waals surface area contributed by atoms with E-state index in [-0.39, 0.29) is 35.4 Å². The van der Waals surface area contributed by atoms with Gasteiger partial charge in [-0.15, -0.1) is 11.3 Å². The minimum atomic E-state index is -0.587. The number of carbonyl (C=O) groups excluding carboxylic acids is 3. The first-order valence-electron chi connectivity index (χ1n) is 11.2. The number of aryl methyl sites for hydroxylation is 2. The second-order valence-electron chi connectivity index (χ2n) is 8.43. The summed E-state index contributed by atoms with van der Waals surface area (Å²) in [5.41, 5.74) is 2.82. The SMILES string of the molecule is CCCOC(=O)c1c(NC(=O)c2ccc(COc3cc(C)cc(C)c3)o2)sc(C(=O)N(C)C)c1C. The summed E-state index contributed by atoms with van der Waals surface area (Å²) in [4.78, 5) is 40.0. The number of hydrogen-bond acceptors (Lipinski definition) is 7. The molecule has 2 amide bonds. The second kappa shape index (κ2) is 11.2. The van der Waals surface area contributed by atoms with Crippen molar-refractivity contribution in [2.24, 2.45) is 0 Å². The molecule has 0 fully saturated rings. The van der Waals surface area contributed by atoms with Gasteiger partial charge in [-0.3, -0.25) is 9.59 Å². The van der Waals surface area contributed by atoms with Gasteiger partial charge in [0.15, 0.2) is 5.76 Å². The Labute approximate surface area is 208 Å². The fourth-order valence-electron chi connectivity index (χ4n) is 3.43. The molecule has 0 radical (unpaired) electrons. The Morgan fingerprint density at radius 2 is 1.74 bits per heavy atom. The first kappa shape index (κ1) is 26.0. The number of thiophene rings is 1. The zero-order chi connectivity index (χ0) is 25.7. The van der Waals surface area contributed by atoms with Crippen LogP contribution in [0.3, 0.4) is 0 Å². The summed E-state index contributed by atoms with van der Waals surface area (Å²) in [6.07, 6.45) is 0.652. The van der Waals surface area contributed by atoms with Gasteiger partial charge in [-0.1, -0.05) is 13.0 Å². The molecule has 3 aromatic rings. The number of nitrogens with one attached hydrogen (secondary N) is 1. The van der Waals surface area contributed by atoms with Gasteiger partial charge in [0.25, 0.3) is 11.8 Å². The fraction of sp³-hybridized carbons (Fsp3) is 0.346. The molecule has 186 valence electrons. The topological polar surface area (TPSA) is 98.1 Å². The van der Waals surface area contributed by atoms with Crippen LogP contribution in [-0.2, 0) is 11.3 Å². The minimum Gasteiger partial charge on any atom is -0.486 e. The predicted octanol–water partition coefficient (Wildman–Crippen LogP) is 5.37. The molecule has 2 heterocycles. The molecular weight excluding hydrogens is 468 g/mol. The molecule has 2 aromatic heterocycles. The standard InChI is InChI=1S/C26H30N2O6S/c1-7-10-32-26(31)21-17(4)22(25(30)28(5)6)35-24(21)27-23(29)20-9-8-18(34-20)14-33-19-12-15(2)11-16(3)13-19/h8-9,11-13H,7,10,14H2,1-6H3,(H,27,29). The average molecular weight is 499 g/mol. The number of benzene rings is 1. The van der Waals surface area contributed by atoms with E-state index in [2.05, 4.69) is 11.4 Å². The van der Waals surface area contributed by atoms with E-state index in [1.807, 2.05) is 32.9 Å². The van der Waals surface area contributed by atoms with Crippen molar-refractivity contribution < 1.29 is 28.3 Å². The molecule has 0 saturated heterocycles. The van der Waals surface area contributed by atoms with Crippen molar-refractivity contribution in [3.05, 3.63) is 69.0 Å². The Bertz CT molecular complexity index is 1220. The van der Waals surface area contributed by atoms with Crippen molar-refractivity contribution >= 4 is 34.1 Å². The maximum atomic E-state index is 12.9. The van der Waals surface area contributed by atoms with Gasteiger partial charge in [-0.2, -0.15) is 0 Å². The van der Waals surface area contributed by atoms with Crippen molar-refractivity contribution in [3.63, 3.8) is 0 Å². The van der Waals surface area contributed by atoms with E-state index in [9.17, 15) is 14.4 Å². The zero-order valence-electron chi connectivity index (χ0n) is 20.8. The van der Waals surface area contributed by atoms with Gasteiger partial charge in [-0.25, -0.2) is 4.79 Å². The molecular formula is C26H30N2O6S. The molecule has 0 aliphatic rings. The van der Waals surface area contributed by atoms with Crippen LogP contribution in [-0.4, -0.2) is 43.4 Å². The van der Waals surface area contributed by atoms with Crippen LogP contribution in [0.5, 0.6) is 5.75 Å². The number of hydrogen-bond donors (Lipinski definition) is 1. The lowest BCUT2D eigenvalue weighted by Crippen LogP contribution is -2.21. The number of amides is 2. The number of rotatable bonds is 9. The molecule has 1 aromatic carbocycles. The normalized spacial score (nSPS) is 10.7. The highest BCUT2D eigenvalue weighted by molar-refractivity contribution is 7.18. The highest BCUT2D eigenvalue weighted by Gasteiger charge is 2.28. The highest BCUT2D eigenvalue weighted by Crippen LogP contribution is 2.35. The van der Waals surface area contributed by atoms with Gasteiger partial charge < -0.3 is 24.1 Å². The lowest BCUT2D eigenvalue weighted by molar-refractivity contribution is 0.0506. The number of ether oxygens (including phenoxy) is 2. The Kier molecular flexibility index (Phi) is 8.34. The number of anilines is 1. The predicted molar refractivity (Wildman–Crippen MR) is 135 cm³/mol.